The highest BCUT2D eigenvalue weighted by Crippen LogP contribution is 2.09. The van der Waals surface area contributed by atoms with E-state index < -0.39 is 5.54 Å². The fourth-order valence-corrected chi connectivity index (χ4v) is 2.97. The van der Waals surface area contributed by atoms with Gasteiger partial charge in [-0.15, -0.1) is 0 Å². The topological polar surface area (TPSA) is 58.4 Å². The van der Waals surface area contributed by atoms with Crippen LogP contribution in [0.2, 0.25) is 0 Å². The second-order valence-electron chi connectivity index (χ2n) is 4.88. The zero-order chi connectivity index (χ0) is 12.7. The number of hydrogen-bond acceptors (Lipinski definition) is 4. The molecule has 17 heavy (non-hydrogen) atoms. The molecule has 0 radical (unpaired) electrons. The van der Waals surface area contributed by atoms with Gasteiger partial charge >= 0.3 is 0 Å². The zero-order valence-electron chi connectivity index (χ0n) is 11.0. The van der Waals surface area contributed by atoms with Crippen LogP contribution in [-0.2, 0) is 4.79 Å². The molecule has 1 unspecified atom stereocenters. The molecule has 4 nitrogen and oxygen atoms in total. The summed E-state index contributed by atoms with van der Waals surface area (Å²) in [7, 11) is 0. The molecule has 1 aliphatic heterocycles. The van der Waals surface area contributed by atoms with Crippen molar-refractivity contribution in [1.82, 2.24) is 10.2 Å². The van der Waals surface area contributed by atoms with Crippen LogP contribution in [0.3, 0.4) is 0 Å². The lowest BCUT2D eigenvalue weighted by atomic mass is 9.97. The first-order valence-corrected chi connectivity index (χ1v) is 7.59. The molecule has 0 saturated carbocycles. The molecule has 0 spiro atoms. The highest BCUT2D eigenvalue weighted by atomic mass is 32.2. The molecule has 1 atom stereocenters. The molecule has 0 aliphatic carbocycles. The Morgan fingerprint density at radius 3 is 2.71 bits per heavy atom. The minimum Gasteiger partial charge on any atom is -0.353 e. The lowest BCUT2D eigenvalue weighted by molar-refractivity contribution is -0.126. The van der Waals surface area contributed by atoms with Crippen LogP contribution in [0.25, 0.3) is 0 Å². The molecule has 3 N–H and O–H groups in total. The molecule has 1 saturated heterocycles. The predicted molar refractivity (Wildman–Crippen MR) is 74.3 cm³/mol. The average Bonchev–Trinajstić information content (AvgIpc) is 2.30. The molecule has 1 rings (SSSR count). The Labute approximate surface area is 109 Å². The van der Waals surface area contributed by atoms with Crippen molar-refractivity contribution in [2.45, 2.75) is 32.2 Å². The highest BCUT2D eigenvalue weighted by Gasteiger charge is 2.26. The summed E-state index contributed by atoms with van der Waals surface area (Å²) in [6, 6.07) is 0. The number of thioether (sulfide) groups is 1. The zero-order valence-corrected chi connectivity index (χ0v) is 11.8. The summed E-state index contributed by atoms with van der Waals surface area (Å²) in [6.45, 7) is 7.77. The summed E-state index contributed by atoms with van der Waals surface area (Å²) in [5, 5.41) is 2.94. The van der Waals surface area contributed by atoms with E-state index in [4.69, 9.17) is 5.73 Å². The Balaban J connectivity index is 2.18. The van der Waals surface area contributed by atoms with E-state index in [0.717, 1.165) is 32.5 Å². The quantitative estimate of drug-likeness (QED) is 0.736. The van der Waals surface area contributed by atoms with Gasteiger partial charge in [-0.2, -0.15) is 11.8 Å². The Bertz CT molecular complexity index is 240. The molecule has 1 aliphatic rings. The highest BCUT2D eigenvalue weighted by molar-refractivity contribution is 7.99. The maximum absolute atomic E-state index is 11.8. The van der Waals surface area contributed by atoms with E-state index in [9.17, 15) is 4.79 Å². The molecule has 0 aromatic carbocycles. The fourth-order valence-electron chi connectivity index (χ4n) is 1.99. The number of hydrogen-bond donors (Lipinski definition) is 2. The Kier molecular flexibility index (Phi) is 6.30. The van der Waals surface area contributed by atoms with Crippen LogP contribution in [0.1, 0.15) is 26.7 Å². The first-order valence-electron chi connectivity index (χ1n) is 6.43. The fraction of sp³-hybridized carbons (Fsp3) is 0.917. The number of nitrogens with one attached hydrogen (secondary N) is 1. The summed E-state index contributed by atoms with van der Waals surface area (Å²) in [5.74, 6) is 2.39. The summed E-state index contributed by atoms with van der Waals surface area (Å²) >= 11 is 2.00. The van der Waals surface area contributed by atoms with Gasteiger partial charge in [0.05, 0.1) is 5.54 Å². The lowest BCUT2D eigenvalue weighted by Crippen LogP contribution is -2.52. The molecular weight excluding hydrogens is 234 g/mol. The van der Waals surface area contributed by atoms with Crippen LogP contribution in [0.4, 0.5) is 0 Å². The van der Waals surface area contributed by atoms with Crippen molar-refractivity contribution < 1.29 is 4.79 Å². The minimum atomic E-state index is -0.716. The number of rotatable bonds is 6. The van der Waals surface area contributed by atoms with Gasteiger partial charge in [-0.05, 0) is 13.3 Å². The number of carbonyl (C=O) groups excluding carboxylic acids is 1. The number of carbonyl (C=O) groups is 1. The summed E-state index contributed by atoms with van der Waals surface area (Å²) in [4.78, 5) is 14.2. The van der Waals surface area contributed by atoms with E-state index in [1.54, 1.807) is 0 Å². The molecule has 1 amide bonds. The average molecular weight is 259 g/mol. The summed E-state index contributed by atoms with van der Waals surface area (Å²) < 4.78 is 0. The van der Waals surface area contributed by atoms with Crippen LogP contribution in [0.15, 0.2) is 0 Å². The van der Waals surface area contributed by atoms with Crippen LogP contribution in [0, 0.1) is 0 Å². The first-order chi connectivity index (χ1) is 8.06. The van der Waals surface area contributed by atoms with Gasteiger partial charge in [0.2, 0.25) is 5.91 Å². The molecule has 1 fully saturated rings. The van der Waals surface area contributed by atoms with Gasteiger partial charge in [0, 0.05) is 37.7 Å². The smallest absolute Gasteiger partial charge is 0.239 e. The van der Waals surface area contributed by atoms with Gasteiger partial charge in [0.25, 0.3) is 0 Å². The Morgan fingerprint density at radius 2 is 2.12 bits per heavy atom. The predicted octanol–water partition coefficient (Wildman–Crippen LogP) is 0.669. The number of nitrogens with zero attached hydrogens (tertiary/aromatic N) is 1. The largest absolute Gasteiger partial charge is 0.353 e. The van der Waals surface area contributed by atoms with Crippen molar-refractivity contribution in [3.8, 4) is 0 Å². The molecule has 0 aromatic rings. The van der Waals surface area contributed by atoms with Crippen molar-refractivity contribution in [2.24, 2.45) is 5.73 Å². The maximum Gasteiger partial charge on any atom is 0.239 e. The monoisotopic (exact) mass is 259 g/mol. The van der Waals surface area contributed by atoms with Crippen LogP contribution in [-0.4, -0.2) is 54.0 Å². The molecule has 0 aromatic heterocycles. The van der Waals surface area contributed by atoms with Crippen LogP contribution < -0.4 is 11.1 Å². The van der Waals surface area contributed by atoms with Gasteiger partial charge in [-0.3, -0.25) is 9.69 Å². The van der Waals surface area contributed by atoms with Crippen molar-refractivity contribution in [3.63, 3.8) is 0 Å². The Hall–Kier alpha value is -0.260. The molecular formula is C12H25N3OS. The molecule has 0 bridgehead atoms. The second-order valence-corrected chi connectivity index (χ2v) is 6.10. The molecule has 1 heterocycles. The van der Waals surface area contributed by atoms with E-state index in [2.05, 4.69) is 10.2 Å². The summed E-state index contributed by atoms with van der Waals surface area (Å²) in [5.41, 5.74) is 5.25. The van der Waals surface area contributed by atoms with Gasteiger partial charge in [-0.1, -0.05) is 13.3 Å². The maximum atomic E-state index is 11.8. The van der Waals surface area contributed by atoms with Crippen LogP contribution in [0.5, 0.6) is 0 Å². The van der Waals surface area contributed by atoms with Gasteiger partial charge in [0.15, 0.2) is 0 Å². The van der Waals surface area contributed by atoms with Gasteiger partial charge in [-0.25, -0.2) is 0 Å². The third-order valence-electron chi connectivity index (χ3n) is 3.11. The van der Waals surface area contributed by atoms with E-state index >= 15 is 0 Å². The van der Waals surface area contributed by atoms with Crippen molar-refractivity contribution in [1.29, 1.82) is 0 Å². The van der Waals surface area contributed by atoms with Gasteiger partial charge in [0.1, 0.15) is 0 Å². The third kappa shape index (κ3) is 5.27. The molecule has 100 valence electrons. The number of nitrogens with two attached hydrogens (primary N) is 1. The normalized spacial score (nSPS) is 20.9. The standard InChI is InChI=1S/C12H25N3OS/c1-3-4-12(2,13)11(16)14-5-6-15-7-9-17-10-8-15/h3-10,13H2,1-2H3,(H,14,16). The van der Waals surface area contributed by atoms with Crippen molar-refractivity contribution >= 4 is 17.7 Å². The minimum absolute atomic E-state index is 0.0225. The van der Waals surface area contributed by atoms with E-state index in [0.29, 0.717) is 6.54 Å². The summed E-state index contributed by atoms with van der Waals surface area (Å²) in [6.07, 6.45) is 1.67. The van der Waals surface area contributed by atoms with Gasteiger partial charge < -0.3 is 11.1 Å². The third-order valence-corrected chi connectivity index (χ3v) is 4.05. The first kappa shape index (κ1) is 14.8. The van der Waals surface area contributed by atoms with Crippen LogP contribution >= 0.6 is 11.8 Å². The van der Waals surface area contributed by atoms with E-state index in [1.807, 2.05) is 25.6 Å². The van der Waals surface area contributed by atoms with Crippen molar-refractivity contribution in [3.05, 3.63) is 0 Å². The lowest BCUT2D eigenvalue weighted by Gasteiger charge is -2.27. The Morgan fingerprint density at radius 1 is 1.47 bits per heavy atom. The van der Waals surface area contributed by atoms with E-state index in [1.165, 1.54) is 11.5 Å². The number of amides is 1. The van der Waals surface area contributed by atoms with Crippen molar-refractivity contribution in [2.75, 3.05) is 37.7 Å². The van der Waals surface area contributed by atoms with E-state index in [-0.39, 0.29) is 5.91 Å². The molecule has 5 heteroatoms. The SMILES string of the molecule is CCCC(C)(N)C(=O)NCCN1CCSCC1. The second kappa shape index (κ2) is 7.24.